The zero-order chi connectivity index (χ0) is 14.3. The largest absolute Gasteiger partial charge is 0.389 e. The maximum atomic E-state index is 5.77. The lowest BCUT2D eigenvalue weighted by molar-refractivity contribution is 0.473. The molecule has 2 nitrogen and oxygen atoms in total. The van der Waals surface area contributed by atoms with Gasteiger partial charge in [-0.15, -0.1) is 0 Å². The SMILES string of the molecule is CCCCC(CC)CNc1ccc(Br)cc1C(N)=S. The zero-order valence-corrected chi connectivity index (χ0v) is 14.1. The van der Waals surface area contributed by atoms with Crippen LogP contribution in [0.15, 0.2) is 22.7 Å². The zero-order valence-electron chi connectivity index (χ0n) is 11.7. The van der Waals surface area contributed by atoms with Crippen molar-refractivity contribution in [2.45, 2.75) is 39.5 Å². The fourth-order valence-corrected chi connectivity index (χ4v) is 2.60. The Hall–Kier alpha value is -0.610. The molecule has 0 radical (unpaired) electrons. The van der Waals surface area contributed by atoms with Gasteiger partial charge in [0.05, 0.1) is 0 Å². The highest BCUT2D eigenvalue weighted by Crippen LogP contribution is 2.22. The molecule has 1 aromatic carbocycles. The highest BCUT2D eigenvalue weighted by molar-refractivity contribution is 9.10. The van der Waals surface area contributed by atoms with Crippen LogP contribution in [0.1, 0.15) is 45.1 Å². The fraction of sp³-hybridized carbons (Fsp3) is 0.533. The van der Waals surface area contributed by atoms with E-state index in [0.29, 0.717) is 10.9 Å². The van der Waals surface area contributed by atoms with Gasteiger partial charge in [-0.05, 0) is 30.5 Å². The van der Waals surface area contributed by atoms with E-state index >= 15 is 0 Å². The van der Waals surface area contributed by atoms with Crippen molar-refractivity contribution in [2.24, 2.45) is 11.7 Å². The molecule has 0 heterocycles. The minimum absolute atomic E-state index is 0.436. The maximum absolute atomic E-state index is 5.77. The van der Waals surface area contributed by atoms with Gasteiger partial charge in [0, 0.05) is 22.3 Å². The van der Waals surface area contributed by atoms with Crippen molar-refractivity contribution in [1.29, 1.82) is 0 Å². The van der Waals surface area contributed by atoms with Crippen LogP contribution in [-0.2, 0) is 0 Å². The molecule has 1 rings (SSSR count). The van der Waals surface area contributed by atoms with Crippen LogP contribution in [0.25, 0.3) is 0 Å². The second-order valence-electron chi connectivity index (χ2n) is 4.85. The van der Waals surface area contributed by atoms with Crippen LogP contribution in [0.4, 0.5) is 5.69 Å². The molecule has 3 N–H and O–H groups in total. The topological polar surface area (TPSA) is 38.0 Å². The van der Waals surface area contributed by atoms with E-state index < -0.39 is 0 Å². The number of hydrogen-bond acceptors (Lipinski definition) is 2. The van der Waals surface area contributed by atoms with Crippen LogP contribution in [0.5, 0.6) is 0 Å². The summed E-state index contributed by atoms with van der Waals surface area (Å²) in [6.45, 7) is 5.46. The number of unbranched alkanes of at least 4 members (excludes halogenated alkanes) is 1. The minimum atomic E-state index is 0.436. The van der Waals surface area contributed by atoms with Crippen LogP contribution in [0.2, 0.25) is 0 Å². The third kappa shape index (κ3) is 5.49. The molecular formula is C15H23BrN2S. The molecule has 0 bridgehead atoms. The fourth-order valence-electron chi connectivity index (χ4n) is 2.07. The summed E-state index contributed by atoms with van der Waals surface area (Å²) in [6.07, 6.45) is 5.03. The summed E-state index contributed by atoms with van der Waals surface area (Å²) in [4.78, 5) is 0.436. The highest BCUT2D eigenvalue weighted by atomic mass is 79.9. The second kappa shape index (κ2) is 8.54. The van der Waals surface area contributed by atoms with Crippen LogP contribution >= 0.6 is 28.1 Å². The van der Waals surface area contributed by atoms with Gasteiger partial charge in [0.1, 0.15) is 4.99 Å². The quantitative estimate of drug-likeness (QED) is 0.671. The lowest BCUT2D eigenvalue weighted by Gasteiger charge is -2.18. The first kappa shape index (κ1) is 16.4. The summed E-state index contributed by atoms with van der Waals surface area (Å²) < 4.78 is 0.999. The number of anilines is 1. The number of thiocarbonyl (C=S) groups is 1. The van der Waals surface area contributed by atoms with Gasteiger partial charge in [0.15, 0.2) is 0 Å². The average molecular weight is 343 g/mol. The van der Waals surface area contributed by atoms with E-state index in [0.717, 1.165) is 22.3 Å². The molecular weight excluding hydrogens is 320 g/mol. The molecule has 106 valence electrons. The molecule has 1 atom stereocenters. The first-order valence-electron chi connectivity index (χ1n) is 6.91. The van der Waals surface area contributed by atoms with Crippen molar-refractivity contribution < 1.29 is 0 Å². The predicted octanol–water partition coefficient (Wildman–Crippen LogP) is 4.71. The molecule has 4 heteroatoms. The number of benzene rings is 1. The molecule has 0 fully saturated rings. The van der Waals surface area contributed by atoms with Crippen molar-refractivity contribution in [3.05, 3.63) is 28.2 Å². The predicted molar refractivity (Wildman–Crippen MR) is 91.8 cm³/mol. The number of nitrogens with two attached hydrogens (primary N) is 1. The summed E-state index contributed by atoms with van der Waals surface area (Å²) in [6, 6.07) is 6.01. The Kier molecular flexibility index (Phi) is 7.39. The standard InChI is InChI=1S/C15H23BrN2S/c1-3-5-6-11(4-2)10-18-14-8-7-12(16)9-13(14)15(17)19/h7-9,11,18H,3-6,10H2,1-2H3,(H2,17,19). The number of nitrogens with one attached hydrogen (secondary N) is 1. The van der Waals surface area contributed by atoms with E-state index in [4.69, 9.17) is 18.0 Å². The molecule has 0 saturated heterocycles. The van der Waals surface area contributed by atoms with Gasteiger partial charge in [-0.25, -0.2) is 0 Å². The van der Waals surface area contributed by atoms with Gasteiger partial charge in [-0.2, -0.15) is 0 Å². The molecule has 0 saturated carbocycles. The van der Waals surface area contributed by atoms with Gasteiger partial charge in [-0.3, -0.25) is 0 Å². The van der Waals surface area contributed by atoms with Crippen LogP contribution in [0, 0.1) is 5.92 Å². The Balaban J connectivity index is 2.68. The van der Waals surface area contributed by atoms with Gasteiger partial charge >= 0.3 is 0 Å². The normalized spacial score (nSPS) is 12.2. The van der Waals surface area contributed by atoms with Crippen LogP contribution < -0.4 is 11.1 Å². The minimum Gasteiger partial charge on any atom is -0.389 e. The van der Waals surface area contributed by atoms with E-state index in [-0.39, 0.29) is 0 Å². The Bertz CT molecular complexity index is 421. The Morgan fingerprint density at radius 1 is 1.42 bits per heavy atom. The van der Waals surface area contributed by atoms with Crippen molar-refractivity contribution >= 4 is 38.8 Å². The molecule has 0 spiro atoms. The third-order valence-electron chi connectivity index (χ3n) is 3.37. The molecule has 0 aromatic heterocycles. The van der Waals surface area contributed by atoms with Crippen LogP contribution in [-0.4, -0.2) is 11.5 Å². The maximum Gasteiger partial charge on any atom is 0.106 e. The Morgan fingerprint density at radius 2 is 2.16 bits per heavy atom. The molecule has 0 aliphatic rings. The van der Waals surface area contributed by atoms with Crippen molar-refractivity contribution in [3.8, 4) is 0 Å². The van der Waals surface area contributed by atoms with Crippen molar-refractivity contribution in [1.82, 2.24) is 0 Å². The van der Waals surface area contributed by atoms with Gasteiger partial charge in [0.25, 0.3) is 0 Å². The van der Waals surface area contributed by atoms with Gasteiger partial charge < -0.3 is 11.1 Å². The molecule has 1 aromatic rings. The monoisotopic (exact) mass is 342 g/mol. The summed E-state index contributed by atoms with van der Waals surface area (Å²) >= 11 is 8.55. The number of halogens is 1. The van der Waals surface area contributed by atoms with E-state index in [2.05, 4.69) is 35.1 Å². The first-order valence-corrected chi connectivity index (χ1v) is 8.11. The number of rotatable bonds is 8. The third-order valence-corrected chi connectivity index (χ3v) is 4.08. The lowest BCUT2D eigenvalue weighted by atomic mass is 9.99. The molecule has 0 amide bonds. The van der Waals surface area contributed by atoms with Gasteiger partial charge in [0.2, 0.25) is 0 Å². The van der Waals surface area contributed by atoms with Crippen molar-refractivity contribution in [2.75, 3.05) is 11.9 Å². The van der Waals surface area contributed by atoms with Crippen LogP contribution in [0.3, 0.4) is 0 Å². The molecule has 0 aliphatic carbocycles. The summed E-state index contributed by atoms with van der Waals surface area (Å²) in [7, 11) is 0. The van der Waals surface area contributed by atoms with E-state index in [9.17, 15) is 0 Å². The lowest BCUT2D eigenvalue weighted by Crippen LogP contribution is -2.18. The molecule has 0 aliphatic heterocycles. The van der Waals surface area contributed by atoms with E-state index in [1.54, 1.807) is 0 Å². The second-order valence-corrected chi connectivity index (χ2v) is 6.21. The van der Waals surface area contributed by atoms with E-state index in [1.807, 2.05) is 18.2 Å². The Labute approximate surface area is 130 Å². The van der Waals surface area contributed by atoms with Crippen molar-refractivity contribution in [3.63, 3.8) is 0 Å². The summed E-state index contributed by atoms with van der Waals surface area (Å²) in [5.74, 6) is 0.711. The van der Waals surface area contributed by atoms with E-state index in [1.165, 1.54) is 25.7 Å². The molecule has 1 unspecified atom stereocenters. The summed E-state index contributed by atoms with van der Waals surface area (Å²) in [5, 5.41) is 3.49. The average Bonchev–Trinajstić information content (AvgIpc) is 2.40. The van der Waals surface area contributed by atoms with Gasteiger partial charge in [-0.1, -0.05) is 61.3 Å². The smallest absolute Gasteiger partial charge is 0.106 e. The summed E-state index contributed by atoms with van der Waals surface area (Å²) in [5.41, 5.74) is 7.72. The Morgan fingerprint density at radius 3 is 2.74 bits per heavy atom. The molecule has 19 heavy (non-hydrogen) atoms. The first-order chi connectivity index (χ1) is 9.08. The highest BCUT2D eigenvalue weighted by Gasteiger charge is 2.09. The number of hydrogen-bond donors (Lipinski definition) is 2.